The number of rotatable bonds is 4. The molecule has 0 N–H and O–H groups in total. The highest BCUT2D eigenvalue weighted by atomic mass is 32.2. The van der Waals surface area contributed by atoms with Crippen LogP contribution in [0.4, 0.5) is 0 Å². The van der Waals surface area contributed by atoms with Gasteiger partial charge < -0.3 is 9.77 Å². The summed E-state index contributed by atoms with van der Waals surface area (Å²) in [7, 11) is -3.79. The molecule has 6 nitrogen and oxygen atoms in total. The maximum atomic E-state index is 13.0. The number of nitrogens with zero attached hydrogens (tertiary/aromatic N) is 3. The predicted molar refractivity (Wildman–Crippen MR) is 116 cm³/mol. The summed E-state index contributed by atoms with van der Waals surface area (Å²) in [6, 6.07) is 8.01. The highest BCUT2D eigenvalue weighted by Crippen LogP contribution is 2.32. The Labute approximate surface area is 178 Å². The molecule has 1 saturated carbocycles. The average Bonchev–Trinajstić information content (AvgIpc) is 3.07. The fourth-order valence-corrected chi connectivity index (χ4v) is 5.68. The minimum absolute atomic E-state index is 0.0166. The number of hydrogen-bond acceptors (Lipinski definition) is 4. The van der Waals surface area contributed by atoms with Gasteiger partial charge >= 0.3 is 0 Å². The fraction of sp³-hybridized carbons (Fsp3) is 0.478. The van der Waals surface area contributed by atoms with Crippen molar-refractivity contribution in [3.05, 3.63) is 53.8 Å². The lowest BCUT2D eigenvalue weighted by molar-refractivity contribution is -0.607. The van der Waals surface area contributed by atoms with Gasteiger partial charge in [-0.3, -0.25) is 0 Å². The SMILES string of the molecule is CC(C)(C)c1nc2cc(S(=O)(=O)c3ccc[n+]([O-])c3)ccc2n1CC1CCCCC1. The van der Waals surface area contributed by atoms with Crippen molar-refractivity contribution in [2.45, 2.75) is 74.6 Å². The van der Waals surface area contributed by atoms with Crippen LogP contribution >= 0.6 is 0 Å². The van der Waals surface area contributed by atoms with Crippen molar-refractivity contribution in [3.8, 4) is 0 Å². The first-order valence-corrected chi connectivity index (χ1v) is 12.1. The Bertz CT molecular complexity index is 1170. The van der Waals surface area contributed by atoms with E-state index in [0.29, 0.717) is 16.2 Å². The molecule has 160 valence electrons. The summed E-state index contributed by atoms with van der Waals surface area (Å²) < 4.78 is 28.9. The van der Waals surface area contributed by atoms with Crippen molar-refractivity contribution in [3.63, 3.8) is 0 Å². The van der Waals surface area contributed by atoms with Crippen LogP contribution in [0.2, 0.25) is 0 Å². The maximum absolute atomic E-state index is 13.0. The van der Waals surface area contributed by atoms with Crippen LogP contribution in [0.15, 0.2) is 52.5 Å². The zero-order valence-corrected chi connectivity index (χ0v) is 18.7. The second kappa shape index (κ2) is 7.69. The molecule has 0 saturated heterocycles. The van der Waals surface area contributed by atoms with Gasteiger partial charge in [-0.2, -0.15) is 4.73 Å². The van der Waals surface area contributed by atoms with E-state index in [1.165, 1.54) is 50.4 Å². The average molecular weight is 428 g/mol. The quantitative estimate of drug-likeness (QED) is 0.457. The van der Waals surface area contributed by atoms with E-state index in [1.54, 1.807) is 12.1 Å². The summed E-state index contributed by atoms with van der Waals surface area (Å²) in [5, 5.41) is 11.6. The zero-order valence-electron chi connectivity index (χ0n) is 17.8. The molecule has 0 aliphatic heterocycles. The van der Waals surface area contributed by atoms with Crippen LogP contribution in [0.5, 0.6) is 0 Å². The molecule has 0 spiro atoms. The van der Waals surface area contributed by atoms with Gasteiger partial charge in [-0.05, 0) is 43.0 Å². The Kier molecular flexibility index (Phi) is 5.34. The first-order chi connectivity index (χ1) is 14.2. The van der Waals surface area contributed by atoms with Crippen LogP contribution in [0.25, 0.3) is 11.0 Å². The van der Waals surface area contributed by atoms with Gasteiger partial charge in [0.25, 0.3) is 0 Å². The molecule has 7 heteroatoms. The lowest BCUT2D eigenvalue weighted by Crippen LogP contribution is -2.25. The van der Waals surface area contributed by atoms with Crippen molar-refractivity contribution >= 4 is 20.9 Å². The third-order valence-electron chi connectivity index (χ3n) is 5.92. The summed E-state index contributed by atoms with van der Waals surface area (Å²) in [6.45, 7) is 7.34. The van der Waals surface area contributed by atoms with E-state index in [0.717, 1.165) is 24.1 Å². The number of benzene rings is 1. The second-order valence-corrected chi connectivity index (χ2v) is 11.3. The van der Waals surface area contributed by atoms with Gasteiger partial charge in [-0.1, -0.05) is 40.0 Å². The molecular weight excluding hydrogens is 398 g/mol. The third-order valence-corrected chi connectivity index (χ3v) is 7.66. The molecule has 4 rings (SSSR count). The molecular formula is C23H29N3O3S. The molecule has 1 aliphatic rings. The Hall–Kier alpha value is -2.41. The number of fused-ring (bicyclic) bond motifs is 1. The van der Waals surface area contributed by atoms with Gasteiger partial charge in [0, 0.05) is 18.0 Å². The van der Waals surface area contributed by atoms with E-state index in [4.69, 9.17) is 4.98 Å². The van der Waals surface area contributed by atoms with E-state index in [-0.39, 0.29) is 15.2 Å². The zero-order chi connectivity index (χ0) is 21.5. The number of pyridine rings is 1. The predicted octanol–water partition coefficient (Wildman–Crippen LogP) is 4.38. The second-order valence-electron chi connectivity index (χ2n) is 9.35. The number of sulfone groups is 1. The topological polar surface area (TPSA) is 78.9 Å². The Morgan fingerprint density at radius 2 is 1.87 bits per heavy atom. The molecule has 0 amide bonds. The monoisotopic (exact) mass is 427 g/mol. The Morgan fingerprint density at radius 3 is 2.53 bits per heavy atom. The molecule has 1 aliphatic carbocycles. The summed E-state index contributed by atoms with van der Waals surface area (Å²) in [6.07, 6.45) is 8.70. The first kappa shape index (κ1) is 20.8. The highest BCUT2D eigenvalue weighted by molar-refractivity contribution is 7.91. The number of imidazole rings is 1. The Balaban J connectivity index is 1.80. The fourth-order valence-electron chi connectivity index (χ4n) is 4.39. The molecule has 3 aromatic rings. The number of hydrogen-bond donors (Lipinski definition) is 0. The van der Waals surface area contributed by atoms with Gasteiger partial charge in [0.1, 0.15) is 10.7 Å². The van der Waals surface area contributed by atoms with Gasteiger partial charge in [0.15, 0.2) is 12.4 Å². The highest BCUT2D eigenvalue weighted by Gasteiger charge is 2.27. The van der Waals surface area contributed by atoms with Crippen LogP contribution in [-0.2, 0) is 21.8 Å². The lowest BCUT2D eigenvalue weighted by atomic mass is 9.88. The minimum atomic E-state index is -3.79. The minimum Gasteiger partial charge on any atom is -0.619 e. The largest absolute Gasteiger partial charge is 0.619 e. The molecule has 0 unspecified atom stereocenters. The summed E-state index contributed by atoms with van der Waals surface area (Å²) in [5.41, 5.74) is 1.50. The van der Waals surface area contributed by atoms with E-state index in [9.17, 15) is 13.6 Å². The van der Waals surface area contributed by atoms with Gasteiger partial charge in [-0.25, -0.2) is 13.4 Å². The first-order valence-electron chi connectivity index (χ1n) is 10.6. The maximum Gasteiger partial charge on any atom is 0.212 e. The van der Waals surface area contributed by atoms with Crippen LogP contribution < -0.4 is 4.73 Å². The molecule has 30 heavy (non-hydrogen) atoms. The number of aromatic nitrogens is 3. The molecule has 0 bridgehead atoms. The van der Waals surface area contributed by atoms with Crippen LogP contribution in [0, 0.1) is 11.1 Å². The lowest BCUT2D eigenvalue weighted by Gasteiger charge is -2.26. The van der Waals surface area contributed by atoms with Crippen molar-refractivity contribution < 1.29 is 13.1 Å². The van der Waals surface area contributed by atoms with Crippen molar-refractivity contribution in [2.75, 3.05) is 0 Å². The molecule has 1 aromatic carbocycles. The standard InChI is InChI=1S/C23H29N3O3S/c1-23(2,3)22-24-20-14-18(30(28,29)19-10-7-13-25(27)16-19)11-12-21(20)26(22)15-17-8-5-4-6-9-17/h7,10-14,16-17H,4-6,8-9,15H2,1-3H3. The van der Waals surface area contributed by atoms with E-state index in [1.807, 2.05) is 6.07 Å². The third kappa shape index (κ3) is 3.95. The van der Waals surface area contributed by atoms with Gasteiger partial charge in [0.05, 0.1) is 15.9 Å². The van der Waals surface area contributed by atoms with E-state index < -0.39 is 9.84 Å². The Morgan fingerprint density at radius 1 is 1.13 bits per heavy atom. The van der Waals surface area contributed by atoms with E-state index in [2.05, 4.69) is 25.3 Å². The molecule has 2 aromatic heterocycles. The van der Waals surface area contributed by atoms with E-state index >= 15 is 0 Å². The van der Waals surface area contributed by atoms with Crippen LogP contribution in [-0.4, -0.2) is 18.0 Å². The van der Waals surface area contributed by atoms with Crippen molar-refractivity contribution in [1.82, 2.24) is 9.55 Å². The van der Waals surface area contributed by atoms with Gasteiger partial charge in [0.2, 0.25) is 9.84 Å². The molecule has 0 atom stereocenters. The van der Waals surface area contributed by atoms with Crippen LogP contribution in [0.3, 0.4) is 0 Å². The smallest absolute Gasteiger partial charge is 0.212 e. The summed E-state index contributed by atoms with van der Waals surface area (Å²) >= 11 is 0. The van der Waals surface area contributed by atoms with Crippen molar-refractivity contribution in [1.29, 1.82) is 0 Å². The molecule has 1 fully saturated rings. The van der Waals surface area contributed by atoms with Crippen molar-refractivity contribution in [2.24, 2.45) is 5.92 Å². The molecule has 0 radical (unpaired) electrons. The summed E-state index contributed by atoms with van der Waals surface area (Å²) in [4.78, 5) is 5.01. The summed E-state index contributed by atoms with van der Waals surface area (Å²) in [5.74, 6) is 1.62. The van der Waals surface area contributed by atoms with Gasteiger partial charge in [-0.15, -0.1) is 0 Å². The normalized spacial score (nSPS) is 16.2. The van der Waals surface area contributed by atoms with Crippen LogP contribution in [0.1, 0.15) is 58.7 Å². The molecule has 2 heterocycles.